The first-order valence-corrected chi connectivity index (χ1v) is 7.80. The van der Waals surface area contributed by atoms with Crippen LogP contribution in [0.5, 0.6) is 0 Å². The van der Waals surface area contributed by atoms with Gasteiger partial charge in [0.2, 0.25) is 0 Å². The Morgan fingerprint density at radius 3 is 2.55 bits per heavy atom. The quantitative estimate of drug-likeness (QED) is 0.843. The molecule has 1 heterocycles. The molecule has 1 rings (SSSR count). The summed E-state index contributed by atoms with van der Waals surface area (Å²) in [6, 6.07) is 1.98. The van der Waals surface area contributed by atoms with E-state index in [9.17, 15) is 4.79 Å². The van der Waals surface area contributed by atoms with Crippen LogP contribution in [0.4, 0.5) is 10.5 Å². The molecule has 1 aromatic rings. The van der Waals surface area contributed by atoms with Crippen molar-refractivity contribution in [2.45, 2.75) is 47.1 Å². The van der Waals surface area contributed by atoms with E-state index in [-0.39, 0.29) is 6.09 Å². The van der Waals surface area contributed by atoms with E-state index < -0.39 is 5.60 Å². The van der Waals surface area contributed by atoms with Crippen molar-refractivity contribution in [3.63, 3.8) is 0 Å². The fourth-order valence-corrected chi connectivity index (χ4v) is 1.96. The van der Waals surface area contributed by atoms with E-state index in [0.29, 0.717) is 18.4 Å². The second-order valence-electron chi connectivity index (χ2n) is 6.96. The molecule has 1 unspecified atom stereocenters. The van der Waals surface area contributed by atoms with Gasteiger partial charge in [0.05, 0.1) is 11.9 Å². The molecule has 5 nitrogen and oxygen atoms in total. The Balaban J connectivity index is 2.49. The molecule has 22 heavy (non-hydrogen) atoms. The van der Waals surface area contributed by atoms with Crippen molar-refractivity contribution in [1.29, 1.82) is 0 Å². The second-order valence-corrected chi connectivity index (χ2v) is 6.96. The van der Waals surface area contributed by atoms with Gasteiger partial charge in [-0.1, -0.05) is 13.8 Å². The minimum absolute atomic E-state index is 0.312. The van der Waals surface area contributed by atoms with Gasteiger partial charge in [-0.3, -0.25) is 4.98 Å². The molecule has 0 spiro atoms. The van der Waals surface area contributed by atoms with Crippen LogP contribution >= 0.6 is 0 Å². The van der Waals surface area contributed by atoms with Gasteiger partial charge in [0.25, 0.3) is 0 Å². The van der Waals surface area contributed by atoms with Crippen LogP contribution in [-0.2, 0) is 4.74 Å². The molecule has 0 aliphatic carbocycles. The summed E-state index contributed by atoms with van der Waals surface area (Å²) in [5.41, 5.74) is 1.73. The fourth-order valence-electron chi connectivity index (χ4n) is 1.96. The van der Waals surface area contributed by atoms with E-state index in [0.717, 1.165) is 17.8 Å². The third-order valence-electron chi connectivity index (χ3n) is 3.44. The van der Waals surface area contributed by atoms with Crippen LogP contribution in [0.2, 0.25) is 0 Å². The maximum Gasteiger partial charge on any atom is 0.407 e. The zero-order valence-electron chi connectivity index (χ0n) is 14.6. The molecule has 124 valence electrons. The maximum absolute atomic E-state index is 11.8. The van der Waals surface area contributed by atoms with Crippen molar-refractivity contribution in [2.75, 3.05) is 18.4 Å². The molecular weight excluding hydrogens is 278 g/mol. The summed E-state index contributed by atoms with van der Waals surface area (Å²) in [5.74, 6) is 0.756. The third-order valence-corrected chi connectivity index (χ3v) is 3.44. The van der Waals surface area contributed by atoms with Gasteiger partial charge in [-0.05, 0) is 51.2 Å². The molecule has 0 aromatic carbocycles. The zero-order chi connectivity index (χ0) is 16.8. The molecule has 0 radical (unpaired) electrons. The molecule has 5 heteroatoms. The van der Waals surface area contributed by atoms with Crippen molar-refractivity contribution >= 4 is 11.8 Å². The number of carbonyl (C=O) groups is 1. The lowest BCUT2D eigenvalue weighted by molar-refractivity contribution is 0.0516. The molecule has 0 aliphatic rings. The first-order chi connectivity index (χ1) is 10.2. The van der Waals surface area contributed by atoms with Gasteiger partial charge in [0.1, 0.15) is 5.60 Å². The molecule has 0 aliphatic heterocycles. The van der Waals surface area contributed by atoms with Gasteiger partial charge in [-0.2, -0.15) is 0 Å². The monoisotopic (exact) mass is 307 g/mol. The van der Waals surface area contributed by atoms with Gasteiger partial charge in [0, 0.05) is 19.3 Å². The van der Waals surface area contributed by atoms with Crippen molar-refractivity contribution in [3.05, 3.63) is 24.0 Å². The Kier molecular flexibility index (Phi) is 6.65. The van der Waals surface area contributed by atoms with Gasteiger partial charge in [-0.15, -0.1) is 0 Å². The Bertz CT molecular complexity index is 481. The molecule has 0 saturated carbocycles. The number of carbonyl (C=O) groups excluding carboxylic acids is 1. The summed E-state index contributed by atoms with van der Waals surface area (Å²) in [6.07, 6.45) is 3.24. The van der Waals surface area contributed by atoms with E-state index in [1.807, 2.05) is 40.0 Å². The number of nitrogens with zero attached hydrogens (tertiary/aromatic N) is 1. The second kappa shape index (κ2) is 8.01. The van der Waals surface area contributed by atoms with Crippen LogP contribution in [0.3, 0.4) is 0 Å². The Labute approximate surface area is 133 Å². The Hall–Kier alpha value is -1.78. The van der Waals surface area contributed by atoms with Crippen LogP contribution in [0.25, 0.3) is 0 Å². The molecule has 0 saturated heterocycles. The zero-order valence-corrected chi connectivity index (χ0v) is 14.6. The van der Waals surface area contributed by atoms with Crippen LogP contribution in [0.1, 0.15) is 40.2 Å². The van der Waals surface area contributed by atoms with Crippen LogP contribution in [0, 0.1) is 18.8 Å². The van der Waals surface area contributed by atoms with Crippen molar-refractivity contribution in [1.82, 2.24) is 10.3 Å². The Morgan fingerprint density at radius 2 is 2.00 bits per heavy atom. The van der Waals surface area contributed by atoms with Gasteiger partial charge in [0.15, 0.2) is 0 Å². The summed E-state index contributed by atoms with van der Waals surface area (Å²) in [4.78, 5) is 15.9. The first kappa shape index (κ1) is 18.3. The van der Waals surface area contributed by atoms with E-state index in [1.165, 1.54) is 0 Å². The maximum atomic E-state index is 11.8. The predicted octanol–water partition coefficient (Wildman–Crippen LogP) is 3.60. The lowest BCUT2D eigenvalue weighted by Gasteiger charge is -2.24. The number of ether oxygens (including phenoxy) is 1. The van der Waals surface area contributed by atoms with Crippen LogP contribution in [-0.4, -0.2) is 29.8 Å². The number of amides is 1. The number of nitrogens with one attached hydrogen (secondary N) is 2. The molecule has 0 bridgehead atoms. The van der Waals surface area contributed by atoms with Crippen LogP contribution in [0.15, 0.2) is 18.5 Å². The van der Waals surface area contributed by atoms with Crippen molar-refractivity contribution < 1.29 is 9.53 Å². The molecule has 1 amide bonds. The van der Waals surface area contributed by atoms with Gasteiger partial charge < -0.3 is 15.4 Å². The van der Waals surface area contributed by atoms with Crippen LogP contribution < -0.4 is 10.6 Å². The van der Waals surface area contributed by atoms with Crippen molar-refractivity contribution in [3.8, 4) is 0 Å². The number of rotatable bonds is 6. The summed E-state index contributed by atoms with van der Waals surface area (Å²) in [5, 5.41) is 6.27. The number of hydrogen-bond donors (Lipinski definition) is 2. The van der Waals surface area contributed by atoms with Gasteiger partial charge in [-0.25, -0.2) is 4.79 Å². The predicted molar refractivity (Wildman–Crippen MR) is 90.0 cm³/mol. The summed E-state index contributed by atoms with van der Waals surface area (Å²) >= 11 is 0. The number of pyridine rings is 1. The topological polar surface area (TPSA) is 63.2 Å². The standard InChI is InChI=1S/C17H29N3O2/c1-12(2)14(10-20-16(21)22-17(4,5)6)9-19-15-11-18-8-7-13(15)3/h7-8,11-12,14,19H,9-10H2,1-6H3,(H,20,21). The Morgan fingerprint density at radius 1 is 1.32 bits per heavy atom. The van der Waals surface area contributed by atoms with E-state index >= 15 is 0 Å². The molecular formula is C17H29N3O2. The lowest BCUT2D eigenvalue weighted by Crippen LogP contribution is -2.38. The van der Waals surface area contributed by atoms with E-state index in [1.54, 1.807) is 6.20 Å². The number of anilines is 1. The number of alkyl carbamates (subject to hydrolysis) is 1. The molecule has 1 aromatic heterocycles. The summed E-state index contributed by atoms with van der Waals surface area (Å²) in [6.45, 7) is 13.3. The highest BCUT2D eigenvalue weighted by atomic mass is 16.6. The minimum Gasteiger partial charge on any atom is -0.444 e. The highest BCUT2D eigenvalue weighted by molar-refractivity contribution is 5.67. The smallest absolute Gasteiger partial charge is 0.407 e. The number of aryl methyl sites for hydroxylation is 1. The highest BCUT2D eigenvalue weighted by Crippen LogP contribution is 2.15. The first-order valence-electron chi connectivity index (χ1n) is 7.80. The SMILES string of the molecule is Cc1ccncc1NCC(CNC(=O)OC(C)(C)C)C(C)C. The number of aromatic nitrogens is 1. The fraction of sp³-hybridized carbons (Fsp3) is 0.647. The van der Waals surface area contributed by atoms with E-state index in [4.69, 9.17) is 4.74 Å². The molecule has 2 N–H and O–H groups in total. The average molecular weight is 307 g/mol. The summed E-state index contributed by atoms with van der Waals surface area (Å²) < 4.78 is 5.27. The largest absolute Gasteiger partial charge is 0.444 e. The molecule has 1 atom stereocenters. The van der Waals surface area contributed by atoms with Crippen molar-refractivity contribution in [2.24, 2.45) is 11.8 Å². The summed E-state index contributed by atoms with van der Waals surface area (Å²) in [7, 11) is 0. The normalized spacial score (nSPS) is 12.9. The lowest BCUT2D eigenvalue weighted by atomic mass is 9.95. The molecule has 0 fully saturated rings. The number of hydrogen-bond acceptors (Lipinski definition) is 4. The third kappa shape index (κ3) is 6.78. The van der Waals surface area contributed by atoms with Gasteiger partial charge >= 0.3 is 6.09 Å². The minimum atomic E-state index is -0.470. The van der Waals surface area contributed by atoms with E-state index in [2.05, 4.69) is 29.5 Å². The average Bonchev–Trinajstić information content (AvgIpc) is 2.38. The highest BCUT2D eigenvalue weighted by Gasteiger charge is 2.19.